The second kappa shape index (κ2) is 6.68. The molecule has 0 unspecified atom stereocenters. The van der Waals surface area contributed by atoms with Crippen molar-refractivity contribution in [3.05, 3.63) is 65.7 Å². The number of carbonyl (C=O) groups excluding carboxylic acids is 1. The third-order valence-electron chi connectivity index (χ3n) is 4.13. The third-order valence-corrected chi connectivity index (χ3v) is 4.13. The Labute approximate surface area is 163 Å². The van der Waals surface area contributed by atoms with Gasteiger partial charge in [0.15, 0.2) is 0 Å². The maximum absolute atomic E-state index is 13.4. The summed E-state index contributed by atoms with van der Waals surface area (Å²) in [6.07, 6.45) is -7.71. The second-order valence-corrected chi connectivity index (χ2v) is 6.14. The quantitative estimate of drug-likeness (QED) is 0.478. The zero-order chi connectivity index (χ0) is 21.7. The minimum atomic E-state index is -5.10. The smallest absolute Gasteiger partial charge is 0.305 e. The number of hydrogen-bond acceptors (Lipinski definition) is 4. The molecule has 0 aromatic carbocycles. The number of fused-ring (bicyclic) bond motifs is 3. The summed E-state index contributed by atoms with van der Waals surface area (Å²) in [5.41, 5.74) is -4.11. The summed E-state index contributed by atoms with van der Waals surface area (Å²) in [5, 5.41) is 1.87. The first kappa shape index (κ1) is 19.6. The van der Waals surface area contributed by atoms with Gasteiger partial charge in [-0.2, -0.15) is 26.3 Å². The van der Waals surface area contributed by atoms with E-state index in [0.29, 0.717) is 0 Å². The molecule has 4 aromatic rings. The molecular formula is C18H9F6N5O. The molecule has 1 amide bonds. The van der Waals surface area contributed by atoms with Gasteiger partial charge < -0.3 is 5.32 Å². The molecule has 0 radical (unpaired) electrons. The Morgan fingerprint density at radius 1 is 0.967 bits per heavy atom. The summed E-state index contributed by atoms with van der Waals surface area (Å²) in [6.45, 7) is 0. The largest absolute Gasteiger partial charge is 0.433 e. The number of carbonyl (C=O) groups is 1. The molecule has 0 aliphatic rings. The Kier molecular flexibility index (Phi) is 4.36. The predicted molar refractivity (Wildman–Crippen MR) is 92.7 cm³/mol. The highest BCUT2D eigenvalue weighted by Crippen LogP contribution is 2.38. The van der Waals surface area contributed by atoms with E-state index in [0.717, 1.165) is 22.7 Å². The number of rotatable bonds is 2. The number of pyridine rings is 3. The van der Waals surface area contributed by atoms with Crippen LogP contribution >= 0.6 is 0 Å². The molecule has 4 heterocycles. The minimum absolute atomic E-state index is 0.0419. The summed E-state index contributed by atoms with van der Waals surface area (Å²) in [4.78, 5) is 23.6. The molecule has 4 aromatic heterocycles. The Bertz CT molecular complexity index is 1260. The molecule has 0 spiro atoms. The molecule has 0 saturated heterocycles. The van der Waals surface area contributed by atoms with Gasteiger partial charge in [-0.1, -0.05) is 6.07 Å². The molecule has 0 aliphatic carbocycles. The molecule has 0 bridgehead atoms. The molecule has 0 atom stereocenters. The zero-order valence-corrected chi connectivity index (χ0v) is 14.6. The molecule has 12 heteroatoms. The average Bonchev–Trinajstić information content (AvgIpc) is 3.11. The zero-order valence-electron chi connectivity index (χ0n) is 14.6. The van der Waals surface area contributed by atoms with E-state index in [4.69, 9.17) is 0 Å². The van der Waals surface area contributed by atoms with Crippen molar-refractivity contribution in [2.75, 3.05) is 5.32 Å². The highest BCUT2D eigenvalue weighted by molar-refractivity contribution is 6.03. The van der Waals surface area contributed by atoms with Crippen LogP contribution in [0.4, 0.5) is 32.2 Å². The van der Waals surface area contributed by atoms with Gasteiger partial charge >= 0.3 is 12.4 Å². The molecular weight excluding hydrogens is 416 g/mol. The fourth-order valence-corrected chi connectivity index (χ4v) is 2.84. The van der Waals surface area contributed by atoms with Gasteiger partial charge in [-0.25, -0.2) is 15.0 Å². The lowest BCUT2D eigenvalue weighted by molar-refractivity contribution is -0.144. The monoisotopic (exact) mass is 425 g/mol. The van der Waals surface area contributed by atoms with Crippen LogP contribution in [0.25, 0.3) is 16.7 Å². The topological polar surface area (TPSA) is 72.2 Å². The number of nitrogens with zero attached hydrogens (tertiary/aromatic N) is 4. The van der Waals surface area contributed by atoms with Crippen LogP contribution in [-0.2, 0) is 12.4 Å². The van der Waals surface area contributed by atoms with Crippen molar-refractivity contribution in [2.24, 2.45) is 0 Å². The highest BCUT2D eigenvalue weighted by Gasteiger charge is 2.39. The third kappa shape index (κ3) is 3.51. The maximum Gasteiger partial charge on any atom is 0.433 e. The summed E-state index contributed by atoms with van der Waals surface area (Å²) >= 11 is 0. The van der Waals surface area contributed by atoms with Crippen molar-refractivity contribution in [3.63, 3.8) is 0 Å². The van der Waals surface area contributed by atoms with E-state index in [1.54, 1.807) is 12.1 Å². The molecule has 0 aliphatic heterocycles. The molecule has 30 heavy (non-hydrogen) atoms. The van der Waals surface area contributed by atoms with E-state index in [9.17, 15) is 31.1 Å². The van der Waals surface area contributed by atoms with Gasteiger partial charge in [0, 0.05) is 17.8 Å². The number of hydrogen-bond donors (Lipinski definition) is 1. The van der Waals surface area contributed by atoms with E-state index in [-0.39, 0.29) is 23.2 Å². The Balaban J connectivity index is 1.89. The van der Waals surface area contributed by atoms with Crippen LogP contribution in [0.15, 0.2) is 48.8 Å². The maximum atomic E-state index is 13.4. The summed E-state index contributed by atoms with van der Waals surface area (Å²) in [5.74, 6) is -0.546. The van der Waals surface area contributed by atoms with Crippen molar-refractivity contribution in [2.45, 2.75) is 12.4 Å². The number of alkyl halides is 6. The van der Waals surface area contributed by atoms with Crippen LogP contribution in [0, 0.1) is 0 Å². The number of amides is 1. The van der Waals surface area contributed by atoms with Crippen LogP contribution < -0.4 is 5.32 Å². The van der Waals surface area contributed by atoms with Gasteiger partial charge in [0.05, 0.1) is 5.56 Å². The minimum Gasteiger partial charge on any atom is -0.305 e. The number of nitrogens with one attached hydrogen (secondary N) is 1. The van der Waals surface area contributed by atoms with Crippen LogP contribution in [0.1, 0.15) is 21.7 Å². The van der Waals surface area contributed by atoms with Crippen LogP contribution in [0.3, 0.4) is 0 Å². The lowest BCUT2D eigenvalue weighted by Crippen LogP contribution is -2.14. The van der Waals surface area contributed by atoms with E-state index >= 15 is 0 Å². The normalized spacial score (nSPS) is 12.5. The molecule has 1 N–H and O–H groups in total. The highest BCUT2D eigenvalue weighted by atomic mass is 19.4. The van der Waals surface area contributed by atoms with Gasteiger partial charge in [0.1, 0.15) is 28.5 Å². The Hall–Kier alpha value is -3.70. The van der Waals surface area contributed by atoms with E-state index < -0.39 is 40.6 Å². The molecule has 154 valence electrons. The van der Waals surface area contributed by atoms with Crippen LogP contribution in [0.5, 0.6) is 0 Å². The predicted octanol–water partition coefficient (Wildman–Crippen LogP) is 4.57. The van der Waals surface area contributed by atoms with Gasteiger partial charge in [-0.15, -0.1) is 0 Å². The van der Waals surface area contributed by atoms with Gasteiger partial charge in [0.2, 0.25) is 0 Å². The van der Waals surface area contributed by atoms with E-state index in [1.807, 2.05) is 0 Å². The van der Waals surface area contributed by atoms with Gasteiger partial charge in [0.25, 0.3) is 5.91 Å². The second-order valence-electron chi connectivity index (χ2n) is 6.14. The van der Waals surface area contributed by atoms with Gasteiger partial charge in [-0.05, 0) is 30.3 Å². The molecule has 4 rings (SSSR count). The number of imidazole rings is 1. The van der Waals surface area contributed by atoms with Crippen LogP contribution in [-0.4, -0.2) is 25.3 Å². The first-order chi connectivity index (χ1) is 14.0. The SMILES string of the molecule is O=C(Nc1ccccn1)c1cn2c(ccc3c(C(F)(F)F)cc(C(F)(F)F)nc32)n1. The Morgan fingerprint density at radius 2 is 1.73 bits per heavy atom. The van der Waals surface area contributed by atoms with Crippen molar-refractivity contribution >= 4 is 28.4 Å². The summed E-state index contributed by atoms with van der Waals surface area (Å²) < 4.78 is 80.4. The fourth-order valence-electron chi connectivity index (χ4n) is 2.84. The summed E-state index contributed by atoms with van der Waals surface area (Å²) in [7, 11) is 0. The summed E-state index contributed by atoms with van der Waals surface area (Å²) in [6, 6.07) is 6.81. The molecule has 6 nitrogen and oxygen atoms in total. The Morgan fingerprint density at radius 3 is 2.37 bits per heavy atom. The molecule has 0 fully saturated rings. The lowest BCUT2D eigenvalue weighted by atomic mass is 10.1. The van der Waals surface area contributed by atoms with Crippen molar-refractivity contribution < 1.29 is 31.1 Å². The average molecular weight is 425 g/mol. The van der Waals surface area contributed by atoms with Crippen molar-refractivity contribution in [1.82, 2.24) is 19.4 Å². The van der Waals surface area contributed by atoms with E-state index in [1.165, 1.54) is 12.3 Å². The molecule has 0 saturated carbocycles. The number of anilines is 1. The first-order valence-corrected chi connectivity index (χ1v) is 8.24. The van der Waals surface area contributed by atoms with Crippen molar-refractivity contribution in [1.29, 1.82) is 0 Å². The van der Waals surface area contributed by atoms with Gasteiger partial charge in [-0.3, -0.25) is 9.20 Å². The van der Waals surface area contributed by atoms with Crippen molar-refractivity contribution in [3.8, 4) is 0 Å². The standard InChI is InChI=1S/C18H9F6N5O/c19-17(20,21)10-7-12(18(22,23)24)27-15-9(10)4-5-14-26-11(8-29(14)15)16(30)28-13-3-1-2-6-25-13/h1-8H,(H,25,28,30). The first-order valence-electron chi connectivity index (χ1n) is 8.24. The lowest BCUT2D eigenvalue weighted by Gasteiger charge is -2.14. The number of halogens is 6. The van der Waals surface area contributed by atoms with E-state index in [2.05, 4.69) is 20.3 Å². The fraction of sp³-hybridized carbons (Fsp3) is 0.111. The van der Waals surface area contributed by atoms with Crippen LogP contribution in [0.2, 0.25) is 0 Å². The number of aromatic nitrogens is 4.